The van der Waals surface area contributed by atoms with Crippen LogP contribution in [0.25, 0.3) is 0 Å². The first-order valence-electron chi connectivity index (χ1n) is 9.11. The summed E-state index contributed by atoms with van der Waals surface area (Å²) in [5, 5.41) is 0. The first-order valence-corrected chi connectivity index (χ1v) is 9.11. The fourth-order valence-electron chi connectivity index (χ4n) is 3.92. The zero-order chi connectivity index (χ0) is 17.7. The molecule has 0 aromatic carbocycles. The topological polar surface area (TPSA) is 54.9 Å². The third-order valence-electron chi connectivity index (χ3n) is 5.29. The number of nitrogens with zero attached hydrogens (tertiary/aromatic N) is 3. The number of ether oxygens (including phenoxy) is 2. The van der Waals surface area contributed by atoms with Crippen LogP contribution in [-0.4, -0.2) is 73.8 Å². The van der Waals surface area contributed by atoms with Crippen LogP contribution in [0.15, 0.2) is 24.4 Å². The second kappa shape index (κ2) is 8.25. The van der Waals surface area contributed by atoms with E-state index < -0.39 is 0 Å². The average Bonchev–Trinajstić information content (AvgIpc) is 2.62. The zero-order valence-electron chi connectivity index (χ0n) is 15.3. The van der Waals surface area contributed by atoms with Gasteiger partial charge < -0.3 is 14.4 Å². The maximum absolute atomic E-state index is 11.8. The van der Waals surface area contributed by atoms with E-state index in [0.29, 0.717) is 6.61 Å². The van der Waals surface area contributed by atoms with Crippen LogP contribution in [0.1, 0.15) is 25.0 Å². The van der Waals surface area contributed by atoms with Gasteiger partial charge in [0, 0.05) is 51.9 Å². The van der Waals surface area contributed by atoms with E-state index in [1.54, 1.807) is 19.0 Å². The molecule has 2 atom stereocenters. The predicted molar refractivity (Wildman–Crippen MR) is 95.1 cm³/mol. The van der Waals surface area contributed by atoms with Gasteiger partial charge in [-0.25, -0.2) is 0 Å². The van der Waals surface area contributed by atoms with Crippen LogP contribution in [0, 0.1) is 5.41 Å². The quantitative estimate of drug-likeness (QED) is 0.782. The minimum atomic E-state index is -0.0160. The van der Waals surface area contributed by atoms with Gasteiger partial charge in [-0.1, -0.05) is 6.07 Å². The molecule has 0 N–H and O–H groups in total. The van der Waals surface area contributed by atoms with Crippen molar-refractivity contribution in [3.8, 4) is 0 Å². The number of likely N-dealkylation sites (tertiary alicyclic amines) is 1. The number of fused-ring (bicyclic) bond motifs is 1. The average molecular weight is 347 g/mol. The van der Waals surface area contributed by atoms with E-state index in [0.717, 1.165) is 51.2 Å². The predicted octanol–water partition coefficient (Wildman–Crippen LogP) is 1.56. The molecule has 2 aliphatic rings. The highest BCUT2D eigenvalue weighted by Gasteiger charge is 2.46. The Balaban J connectivity index is 1.63. The molecule has 6 heteroatoms. The molecule has 0 radical (unpaired) electrons. The number of amides is 1. The van der Waals surface area contributed by atoms with Crippen LogP contribution >= 0.6 is 0 Å². The number of aromatic nitrogens is 1. The van der Waals surface area contributed by atoms with Crippen molar-refractivity contribution in [2.45, 2.75) is 31.9 Å². The van der Waals surface area contributed by atoms with Gasteiger partial charge in [0.05, 0.1) is 18.4 Å². The lowest BCUT2D eigenvalue weighted by Gasteiger charge is -2.50. The summed E-state index contributed by atoms with van der Waals surface area (Å²) < 4.78 is 11.9. The Morgan fingerprint density at radius 3 is 3.12 bits per heavy atom. The molecule has 2 saturated heterocycles. The highest BCUT2D eigenvalue weighted by Crippen LogP contribution is 2.40. The van der Waals surface area contributed by atoms with Gasteiger partial charge in [-0.05, 0) is 31.4 Å². The second-order valence-electron chi connectivity index (χ2n) is 7.43. The van der Waals surface area contributed by atoms with Gasteiger partial charge in [0.1, 0.15) is 6.61 Å². The Kier molecular flexibility index (Phi) is 6.04. The van der Waals surface area contributed by atoms with Crippen molar-refractivity contribution in [2.75, 3.05) is 47.0 Å². The summed E-state index contributed by atoms with van der Waals surface area (Å²) >= 11 is 0. The summed E-state index contributed by atoms with van der Waals surface area (Å²) in [6, 6.07) is 6.05. The van der Waals surface area contributed by atoms with Crippen LogP contribution in [-0.2, 0) is 20.8 Å². The standard InChI is InChI=1S/C19H29N3O3/c1-21(2)18(23)13-24-15-19-8-5-11-25-17(19)7-10-22(14-19)12-16-6-3-4-9-20-16/h3-4,6,9,17H,5,7-8,10-15H2,1-2H3. The molecule has 138 valence electrons. The molecule has 0 saturated carbocycles. The number of rotatable bonds is 6. The van der Waals surface area contributed by atoms with Crippen molar-refractivity contribution in [3.05, 3.63) is 30.1 Å². The van der Waals surface area contributed by atoms with Gasteiger partial charge in [0.15, 0.2) is 0 Å². The second-order valence-corrected chi connectivity index (χ2v) is 7.43. The summed E-state index contributed by atoms with van der Waals surface area (Å²) in [6.45, 7) is 4.36. The third-order valence-corrected chi connectivity index (χ3v) is 5.29. The van der Waals surface area contributed by atoms with Gasteiger partial charge in [-0.2, -0.15) is 0 Å². The number of pyridine rings is 1. The molecule has 0 aliphatic carbocycles. The lowest BCUT2D eigenvalue weighted by atomic mass is 9.73. The molecule has 3 heterocycles. The van der Waals surface area contributed by atoms with Crippen molar-refractivity contribution in [3.63, 3.8) is 0 Å². The third kappa shape index (κ3) is 4.57. The molecular weight excluding hydrogens is 318 g/mol. The largest absolute Gasteiger partial charge is 0.377 e. The number of hydrogen-bond donors (Lipinski definition) is 0. The maximum atomic E-state index is 11.8. The molecule has 1 amide bonds. The number of likely N-dealkylation sites (N-methyl/N-ethyl adjacent to an activating group) is 1. The summed E-state index contributed by atoms with van der Waals surface area (Å²) in [5.41, 5.74) is 1.08. The highest BCUT2D eigenvalue weighted by atomic mass is 16.5. The van der Waals surface area contributed by atoms with E-state index in [1.165, 1.54) is 0 Å². The van der Waals surface area contributed by atoms with E-state index in [2.05, 4.69) is 16.0 Å². The molecule has 0 spiro atoms. The summed E-state index contributed by atoms with van der Waals surface area (Å²) in [6.07, 6.45) is 5.23. The number of carbonyl (C=O) groups is 1. The van der Waals surface area contributed by atoms with Gasteiger partial charge in [0.2, 0.25) is 5.91 Å². The van der Waals surface area contributed by atoms with Gasteiger partial charge in [-0.3, -0.25) is 14.7 Å². The normalized spacial score (nSPS) is 26.9. The van der Waals surface area contributed by atoms with E-state index in [4.69, 9.17) is 9.47 Å². The zero-order valence-corrected chi connectivity index (χ0v) is 15.3. The molecule has 0 bridgehead atoms. The molecule has 3 rings (SSSR count). The Bertz CT molecular complexity index is 566. The maximum Gasteiger partial charge on any atom is 0.248 e. The number of carbonyl (C=O) groups excluding carboxylic acids is 1. The summed E-state index contributed by atoms with van der Waals surface area (Å²) in [7, 11) is 3.51. The fraction of sp³-hybridized carbons (Fsp3) is 0.684. The molecule has 1 aromatic rings. The van der Waals surface area contributed by atoms with Crippen molar-refractivity contribution in [1.82, 2.24) is 14.8 Å². The first kappa shape index (κ1) is 18.3. The van der Waals surface area contributed by atoms with Crippen LogP contribution in [0.3, 0.4) is 0 Å². The molecule has 25 heavy (non-hydrogen) atoms. The molecule has 2 unspecified atom stereocenters. The van der Waals surface area contributed by atoms with Crippen LogP contribution in [0.4, 0.5) is 0 Å². The van der Waals surface area contributed by atoms with E-state index in [-0.39, 0.29) is 24.0 Å². The Hall–Kier alpha value is -1.50. The number of piperidine rings is 1. The lowest BCUT2D eigenvalue weighted by molar-refractivity contribution is -0.160. The Labute approximate surface area is 150 Å². The SMILES string of the molecule is CN(C)C(=O)COCC12CCCOC1CCN(Cc1ccccn1)C2. The lowest BCUT2D eigenvalue weighted by Crippen LogP contribution is -2.56. The van der Waals surface area contributed by atoms with Crippen LogP contribution in [0.5, 0.6) is 0 Å². The fourth-order valence-corrected chi connectivity index (χ4v) is 3.92. The van der Waals surface area contributed by atoms with E-state index in [1.807, 2.05) is 18.3 Å². The van der Waals surface area contributed by atoms with E-state index >= 15 is 0 Å². The molecule has 2 fully saturated rings. The molecular formula is C19H29N3O3. The van der Waals surface area contributed by atoms with Gasteiger partial charge in [0.25, 0.3) is 0 Å². The van der Waals surface area contributed by atoms with Crippen molar-refractivity contribution in [1.29, 1.82) is 0 Å². The Morgan fingerprint density at radius 2 is 2.36 bits per heavy atom. The van der Waals surface area contributed by atoms with Crippen molar-refractivity contribution >= 4 is 5.91 Å². The Morgan fingerprint density at radius 1 is 1.48 bits per heavy atom. The van der Waals surface area contributed by atoms with Crippen molar-refractivity contribution < 1.29 is 14.3 Å². The number of hydrogen-bond acceptors (Lipinski definition) is 5. The van der Waals surface area contributed by atoms with E-state index in [9.17, 15) is 4.79 Å². The molecule has 1 aromatic heterocycles. The van der Waals surface area contributed by atoms with Crippen LogP contribution in [0.2, 0.25) is 0 Å². The van der Waals surface area contributed by atoms with Gasteiger partial charge in [-0.15, -0.1) is 0 Å². The molecule has 2 aliphatic heterocycles. The van der Waals surface area contributed by atoms with Crippen molar-refractivity contribution in [2.24, 2.45) is 5.41 Å². The highest BCUT2D eigenvalue weighted by molar-refractivity contribution is 5.76. The minimum absolute atomic E-state index is 0.00540. The summed E-state index contributed by atoms with van der Waals surface area (Å²) in [4.78, 5) is 20.3. The first-order chi connectivity index (χ1) is 12.1. The molecule has 6 nitrogen and oxygen atoms in total. The van der Waals surface area contributed by atoms with Gasteiger partial charge >= 0.3 is 0 Å². The van der Waals surface area contributed by atoms with Crippen LogP contribution < -0.4 is 0 Å². The minimum Gasteiger partial charge on any atom is -0.377 e. The smallest absolute Gasteiger partial charge is 0.248 e. The summed E-state index contributed by atoms with van der Waals surface area (Å²) in [5.74, 6) is 0.00540. The monoisotopic (exact) mass is 347 g/mol.